The maximum Gasteiger partial charge on any atom is 0.190 e. The third kappa shape index (κ3) is 7.87. The fourth-order valence-electron chi connectivity index (χ4n) is 2.43. The maximum atomic E-state index is 5.04. The third-order valence-electron chi connectivity index (χ3n) is 3.68. The average Bonchev–Trinajstić information content (AvgIpc) is 3.05. The Labute approximate surface area is 167 Å². The molecule has 2 aromatic rings. The van der Waals surface area contributed by atoms with Crippen LogP contribution >= 0.6 is 24.0 Å². The van der Waals surface area contributed by atoms with Crippen molar-refractivity contribution in [1.29, 1.82) is 0 Å². The molecule has 7 heteroatoms. The van der Waals surface area contributed by atoms with Crippen LogP contribution in [0.3, 0.4) is 0 Å². The number of imidazole rings is 1. The molecule has 0 fully saturated rings. The molecule has 0 spiro atoms. The first-order valence-corrected chi connectivity index (χ1v) is 8.31. The predicted octanol–water partition coefficient (Wildman–Crippen LogP) is 2.29. The summed E-state index contributed by atoms with van der Waals surface area (Å²) >= 11 is 0. The Hall–Kier alpha value is -1.61. The van der Waals surface area contributed by atoms with Crippen molar-refractivity contribution in [3.63, 3.8) is 0 Å². The van der Waals surface area contributed by atoms with Gasteiger partial charge in [0.05, 0.1) is 0 Å². The molecule has 1 aromatic heterocycles. The number of methoxy groups -OCH3 is 1. The number of nitrogens with zero attached hydrogens (tertiary/aromatic N) is 3. The molecule has 0 aliphatic carbocycles. The molecule has 0 saturated heterocycles. The number of guanidine groups is 1. The van der Waals surface area contributed by atoms with Gasteiger partial charge in [-0.2, -0.15) is 0 Å². The van der Waals surface area contributed by atoms with Gasteiger partial charge >= 0.3 is 0 Å². The highest BCUT2D eigenvalue weighted by atomic mass is 127. The molecule has 2 N–H and O–H groups in total. The molecule has 0 unspecified atom stereocenters. The van der Waals surface area contributed by atoms with Gasteiger partial charge in [0.1, 0.15) is 5.82 Å². The van der Waals surface area contributed by atoms with Crippen LogP contribution in [-0.4, -0.2) is 49.4 Å². The molecule has 0 radical (unpaired) electrons. The Morgan fingerprint density at radius 1 is 1.20 bits per heavy atom. The van der Waals surface area contributed by atoms with E-state index in [9.17, 15) is 0 Å². The van der Waals surface area contributed by atoms with Gasteiger partial charge in [0.15, 0.2) is 5.96 Å². The fourth-order valence-corrected chi connectivity index (χ4v) is 2.43. The van der Waals surface area contributed by atoms with E-state index in [1.54, 1.807) is 14.2 Å². The quantitative estimate of drug-likeness (QED) is 0.263. The second-order valence-electron chi connectivity index (χ2n) is 5.48. The van der Waals surface area contributed by atoms with E-state index in [2.05, 4.69) is 49.4 Å². The first-order chi connectivity index (χ1) is 11.8. The van der Waals surface area contributed by atoms with Crippen molar-refractivity contribution >= 4 is 29.9 Å². The normalized spacial score (nSPS) is 11.0. The van der Waals surface area contributed by atoms with Crippen LogP contribution in [0.4, 0.5) is 0 Å². The van der Waals surface area contributed by atoms with E-state index >= 15 is 0 Å². The van der Waals surface area contributed by atoms with E-state index in [-0.39, 0.29) is 24.0 Å². The van der Waals surface area contributed by atoms with Crippen molar-refractivity contribution in [1.82, 2.24) is 20.2 Å². The van der Waals surface area contributed by atoms with Gasteiger partial charge in [-0.05, 0) is 12.0 Å². The molecular formula is C18H28IN5O. The van der Waals surface area contributed by atoms with E-state index in [1.165, 1.54) is 5.56 Å². The van der Waals surface area contributed by atoms with Gasteiger partial charge in [0, 0.05) is 59.2 Å². The van der Waals surface area contributed by atoms with Crippen molar-refractivity contribution in [2.24, 2.45) is 4.99 Å². The second kappa shape index (κ2) is 12.7. The lowest BCUT2D eigenvalue weighted by Crippen LogP contribution is -2.39. The number of ether oxygens (including phenoxy) is 1. The summed E-state index contributed by atoms with van der Waals surface area (Å²) in [6.45, 7) is 3.23. The molecule has 138 valence electrons. The van der Waals surface area contributed by atoms with Gasteiger partial charge in [-0.25, -0.2) is 4.98 Å². The third-order valence-corrected chi connectivity index (χ3v) is 3.68. The number of aliphatic imine (C=N–C) groups is 1. The summed E-state index contributed by atoms with van der Waals surface area (Å²) in [5, 5.41) is 6.59. The highest BCUT2D eigenvalue weighted by molar-refractivity contribution is 14.0. The summed E-state index contributed by atoms with van der Waals surface area (Å²) in [7, 11) is 3.49. The van der Waals surface area contributed by atoms with E-state index in [1.807, 2.05) is 18.5 Å². The zero-order valence-electron chi connectivity index (χ0n) is 14.9. The van der Waals surface area contributed by atoms with Crippen molar-refractivity contribution < 1.29 is 4.74 Å². The minimum Gasteiger partial charge on any atom is -0.385 e. The minimum absolute atomic E-state index is 0. The molecule has 1 aromatic carbocycles. The molecule has 1 heterocycles. The van der Waals surface area contributed by atoms with Gasteiger partial charge in [-0.15, -0.1) is 24.0 Å². The maximum absolute atomic E-state index is 5.04. The van der Waals surface area contributed by atoms with Crippen LogP contribution in [0.15, 0.2) is 47.7 Å². The lowest BCUT2D eigenvalue weighted by Gasteiger charge is -2.12. The standard InChI is InChI=1S/C18H27N5O.HI/c1-19-18(21-10-6-14-24-2)22-11-9-17-20-12-13-23(17)15-16-7-4-3-5-8-16;/h3-5,7-8,12-13H,6,9-11,14-15H2,1-2H3,(H2,19,21,22);1H. The number of halogens is 1. The summed E-state index contributed by atoms with van der Waals surface area (Å²) < 4.78 is 7.22. The Morgan fingerprint density at radius 3 is 2.68 bits per heavy atom. The van der Waals surface area contributed by atoms with Crippen LogP contribution in [0.1, 0.15) is 17.8 Å². The lowest BCUT2D eigenvalue weighted by atomic mass is 10.2. The molecule has 0 saturated carbocycles. The van der Waals surface area contributed by atoms with Crippen LogP contribution in [-0.2, 0) is 17.7 Å². The molecule has 0 aliphatic rings. The number of nitrogens with one attached hydrogen (secondary N) is 2. The number of rotatable bonds is 9. The van der Waals surface area contributed by atoms with E-state index in [0.29, 0.717) is 0 Å². The Balaban J connectivity index is 0.00000312. The average molecular weight is 457 g/mol. The van der Waals surface area contributed by atoms with E-state index in [4.69, 9.17) is 4.74 Å². The monoisotopic (exact) mass is 457 g/mol. The topological polar surface area (TPSA) is 63.5 Å². The van der Waals surface area contributed by atoms with Gasteiger partial charge in [-0.1, -0.05) is 30.3 Å². The van der Waals surface area contributed by atoms with Gasteiger partial charge in [0.2, 0.25) is 0 Å². The second-order valence-corrected chi connectivity index (χ2v) is 5.48. The summed E-state index contributed by atoms with van der Waals surface area (Å²) in [6, 6.07) is 10.4. The van der Waals surface area contributed by atoms with Crippen LogP contribution < -0.4 is 10.6 Å². The van der Waals surface area contributed by atoms with Crippen LogP contribution in [0.25, 0.3) is 0 Å². The zero-order chi connectivity index (χ0) is 17.0. The van der Waals surface area contributed by atoms with E-state index in [0.717, 1.165) is 50.9 Å². The Morgan fingerprint density at radius 2 is 1.96 bits per heavy atom. The lowest BCUT2D eigenvalue weighted by molar-refractivity contribution is 0.195. The molecule has 2 rings (SSSR count). The van der Waals surface area contributed by atoms with Crippen molar-refractivity contribution in [2.45, 2.75) is 19.4 Å². The molecule has 0 atom stereocenters. The summed E-state index contributed by atoms with van der Waals surface area (Å²) in [6.07, 6.45) is 5.69. The predicted molar refractivity (Wildman–Crippen MR) is 113 cm³/mol. The number of hydrogen-bond donors (Lipinski definition) is 2. The van der Waals surface area contributed by atoms with Gasteiger partial charge in [0.25, 0.3) is 0 Å². The number of aromatic nitrogens is 2. The Kier molecular flexibility index (Phi) is 10.9. The van der Waals surface area contributed by atoms with E-state index < -0.39 is 0 Å². The summed E-state index contributed by atoms with van der Waals surface area (Å²) in [5.41, 5.74) is 1.28. The number of benzene rings is 1. The minimum atomic E-state index is 0. The molecular weight excluding hydrogens is 429 g/mol. The molecule has 0 aliphatic heterocycles. The SMILES string of the molecule is CN=C(NCCCOC)NCCc1nccn1Cc1ccccc1.I. The fraction of sp³-hybridized carbons (Fsp3) is 0.444. The Bertz CT molecular complexity index is 615. The summed E-state index contributed by atoms with van der Waals surface area (Å²) in [5.74, 6) is 1.88. The molecule has 25 heavy (non-hydrogen) atoms. The first kappa shape index (κ1) is 21.4. The molecule has 0 bridgehead atoms. The first-order valence-electron chi connectivity index (χ1n) is 8.31. The highest BCUT2D eigenvalue weighted by Crippen LogP contribution is 2.05. The molecule has 6 nitrogen and oxygen atoms in total. The largest absolute Gasteiger partial charge is 0.385 e. The highest BCUT2D eigenvalue weighted by Gasteiger charge is 2.04. The smallest absolute Gasteiger partial charge is 0.190 e. The number of hydrogen-bond acceptors (Lipinski definition) is 3. The molecule has 0 amide bonds. The zero-order valence-corrected chi connectivity index (χ0v) is 17.3. The van der Waals surface area contributed by atoms with Crippen LogP contribution in [0.2, 0.25) is 0 Å². The van der Waals surface area contributed by atoms with Crippen molar-refractivity contribution in [3.8, 4) is 0 Å². The van der Waals surface area contributed by atoms with Gasteiger partial charge in [-0.3, -0.25) is 4.99 Å². The van der Waals surface area contributed by atoms with Crippen molar-refractivity contribution in [2.75, 3.05) is 33.9 Å². The van der Waals surface area contributed by atoms with Gasteiger partial charge < -0.3 is 19.9 Å². The summed E-state index contributed by atoms with van der Waals surface area (Å²) in [4.78, 5) is 8.69. The van der Waals surface area contributed by atoms with Crippen LogP contribution in [0, 0.1) is 0 Å². The van der Waals surface area contributed by atoms with Crippen molar-refractivity contribution in [3.05, 3.63) is 54.1 Å². The van der Waals surface area contributed by atoms with Crippen LogP contribution in [0.5, 0.6) is 0 Å².